The first-order valence-corrected chi connectivity index (χ1v) is 6.59. The average molecular weight is 321 g/mol. The Morgan fingerprint density at radius 1 is 1.24 bits per heavy atom. The number of hydrogen-bond donors (Lipinski definition) is 2. The summed E-state index contributed by atoms with van der Waals surface area (Å²) in [5.41, 5.74) is -1.10. The molecule has 2 amide bonds. The topological polar surface area (TPSA) is 58.2 Å². The zero-order chi connectivity index (χ0) is 15.6. The van der Waals surface area contributed by atoms with Crippen LogP contribution in [0.4, 0.5) is 18.9 Å². The van der Waals surface area contributed by atoms with Crippen molar-refractivity contribution in [2.45, 2.75) is 31.5 Å². The number of halogens is 4. The van der Waals surface area contributed by atoms with Gasteiger partial charge in [0.05, 0.1) is 10.6 Å². The molecule has 1 aromatic carbocycles. The number of amides is 2. The monoisotopic (exact) mass is 320 g/mol. The van der Waals surface area contributed by atoms with Crippen LogP contribution in [0.3, 0.4) is 0 Å². The van der Waals surface area contributed by atoms with Crippen LogP contribution in [-0.2, 0) is 15.8 Å². The normalized spacial score (nSPS) is 14.7. The van der Waals surface area contributed by atoms with Gasteiger partial charge >= 0.3 is 6.18 Å². The van der Waals surface area contributed by atoms with E-state index in [-0.39, 0.29) is 11.7 Å². The smallest absolute Gasteiger partial charge is 0.353 e. The van der Waals surface area contributed by atoms with Crippen molar-refractivity contribution >= 4 is 29.1 Å². The predicted octanol–water partition coefficient (Wildman–Crippen LogP) is 2.97. The van der Waals surface area contributed by atoms with E-state index in [4.69, 9.17) is 11.6 Å². The number of benzene rings is 1. The molecule has 2 rings (SSSR count). The standard InChI is InChI=1S/C13H12ClF3N2O2/c14-10-4-3-8(5-9(10)13(15,16)17)19-12(21)6-11(20)18-7-1-2-7/h3-5,7H,1-2,6H2,(H,18,20)(H,19,21). The third kappa shape index (κ3) is 4.63. The summed E-state index contributed by atoms with van der Waals surface area (Å²) in [5.74, 6) is -1.12. The van der Waals surface area contributed by atoms with Gasteiger partial charge in [-0.1, -0.05) is 11.6 Å². The summed E-state index contributed by atoms with van der Waals surface area (Å²) < 4.78 is 38.0. The second kappa shape index (κ2) is 5.93. The number of carbonyl (C=O) groups excluding carboxylic acids is 2. The minimum Gasteiger partial charge on any atom is -0.353 e. The molecule has 114 valence electrons. The minimum absolute atomic E-state index is 0.0593. The van der Waals surface area contributed by atoms with E-state index >= 15 is 0 Å². The lowest BCUT2D eigenvalue weighted by molar-refractivity contribution is -0.137. The third-order valence-corrected chi connectivity index (χ3v) is 3.15. The lowest BCUT2D eigenvalue weighted by Gasteiger charge is -2.11. The first-order valence-electron chi connectivity index (χ1n) is 6.21. The van der Waals surface area contributed by atoms with Gasteiger partial charge in [-0.3, -0.25) is 9.59 Å². The summed E-state index contributed by atoms with van der Waals surface area (Å²) in [6.45, 7) is 0. The van der Waals surface area contributed by atoms with Crippen LogP contribution >= 0.6 is 11.6 Å². The number of hydrogen-bond acceptors (Lipinski definition) is 2. The highest BCUT2D eigenvalue weighted by molar-refractivity contribution is 6.31. The van der Waals surface area contributed by atoms with Crippen molar-refractivity contribution in [1.29, 1.82) is 0 Å². The Morgan fingerprint density at radius 2 is 1.90 bits per heavy atom. The quantitative estimate of drug-likeness (QED) is 0.838. The number of rotatable bonds is 4. The Kier molecular flexibility index (Phi) is 4.41. The van der Waals surface area contributed by atoms with Crippen molar-refractivity contribution in [2.75, 3.05) is 5.32 Å². The molecule has 1 saturated carbocycles. The van der Waals surface area contributed by atoms with E-state index in [9.17, 15) is 22.8 Å². The molecule has 1 aliphatic carbocycles. The van der Waals surface area contributed by atoms with Gasteiger partial charge in [-0.2, -0.15) is 13.2 Å². The molecule has 1 aliphatic rings. The van der Waals surface area contributed by atoms with Gasteiger partial charge in [0.2, 0.25) is 11.8 Å². The van der Waals surface area contributed by atoms with Gasteiger partial charge in [0.15, 0.2) is 0 Å². The highest BCUT2D eigenvalue weighted by Crippen LogP contribution is 2.36. The average Bonchev–Trinajstić information content (AvgIpc) is 3.13. The van der Waals surface area contributed by atoms with E-state index in [2.05, 4.69) is 10.6 Å². The molecule has 0 radical (unpaired) electrons. The summed E-state index contributed by atoms with van der Waals surface area (Å²) in [6.07, 6.45) is -3.26. The third-order valence-electron chi connectivity index (χ3n) is 2.82. The van der Waals surface area contributed by atoms with Crippen molar-refractivity contribution < 1.29 is 22.8 Å². The Hall–Kier alpha value is -1.76. The van der Waals surface area contributed by atoms with E-state index in [0.29, 0.717) is 0 Å². The summed E-state index contributed by atoms with van der Waals surface area (Å²) in [5, 5.41) is 4.41. The van der Waals surface area contributed by atoms with E-state index in [1.165, 1.54) is 6.07 Å². The van der Waals surface area contributed by atoms with Gasteiger partial charge in [0.1, 0.15) is 6.42 Å². The number of nitrogens with one attached hydrogen (secondary N) is 2. The summed E-state index contributed by atoms with van der Waals surface area (Å²) in [7, 11) is 0. The molecule has 4 nitrogen and oxygen atoms in total. The van der Waals surface area contributed by atoms with Crippen LogP contribution in [0.15, 0.2) is 18.2 Å². The second-order valence-electron chi connectivity index (χ2n) is 4.76. The molecule has 1 aromatic rings. The van der Waals surface area contributed by atoms with Gasteiger partial charge in [-0.05, 0) is 31.0 Å². The molecule has 0 unspecified atom stereocenters. The number of alkyl halides is 3. The van der Waals surface area contributed by atoms with Gasteiger partial charge in [0.25, 0.3) is 0 Å². The fourth-order valence-corrected chi connectivity index (χ4v) is 1.90. The molecule has 1 fully saturated rings. The van der Waals surface area contributed by atoms with Crippen molar-refractivity contribution in [3.63, 3.8) is 0 Å². The van der Waals surface area contributed by atoms with Crippen LogP contribution in [0, 0.1) is 0 Å². The number of carbonyl (C=O) groups is 2. The van der Waals surface area contributed by atoms with Crippen LogP contribution < -0.4 is 10.6 Å². The molecule has 0 aliphatic heterocycles. The zero-order valence-corrected chi connectivity index (χ0v) is 11.5. The molecular formula is C13H12ClF3N2O2. The van der Waals surface area contributed by atoms with E-state index in [0.717, 1.165) is 25.0 Å². The fraction of sp³-hybridized carbons (Fsp3) is 0.385. The molecule has 0 bridgehead atoms. The molecule has 21 heavy (non-hydrogen) atoms. The Balaban J connectivity index is 1.98. The lowest BCUT2D eigenvalue weighted by atomic mass is 10.2. The molecule has 2 N–H and O–H groups in total. The van der Waals surface area contributed by atoms with Gasteiger partial charge in [0, 0.05) is 11.7 Å². The maximum atomic E-state index is 12.7. The Morgan fingerprint density at radius 3 is 2.48 bits per heavy atom. The van der Waals surface area contributed by atoms with Gasteiger partial charge in [-0.15, -0.1) is 0 Å². The summed E-state index contributed by atoms with van der Waals surface area (Å²) >= 11 is 5.47. The fourth-order valence-electron chi connectivity index (χ4n) is 1.68. The molecule has 0 spiro atoms. The first-order chi connectivity index (χ1) is 9.75. The first kappa shape index (κ1) is 15.6. The van der Waals surface area contributed by atoms with Crippen molar-refractivity contribution in [1.82, 2.24) is 5.32 Å². The summed E-state index contributed by atoms with van der Waals surface area (Å²) in [6, 6.07) is 3.15. The molecule has 0 aromatic heterocycles. The Bertz CT molecular complexity index is 571. The summed E-state index contributed by atoms with van der Waals surface area (Å²) in [4.78, 5) is 23.0. The van der Waals surface area contributed by atoms with Crippen LogP contribution in [0.25, 0.3) is 0 Å². The molecule has 0 atom stereocenters. The highest BCUT2D eigenvalue weighted by Gasteiger charge is 2.33. The molecule has 0 heterocycles. The van der Waals surface area contributed by atoms with Gasteiger partial charge < -0.3 is 10.6 Å². The van der Waals surface area contributed by atoms with Crippen LogP contribution in [-0.4, -0.2) is 17.9 Å². The van der Waals surface area contributed by atoms with E-state index < -0.39 is 35.0 Å². The SMILES string of the molecule is O=C(CC(=O)NC1CC1)Nc1ccc(Cl)c(C(F)(F)F)c1. The van der Waals surface area contributed by atoms with Crippen molar-refractivity contribution in [3.05, 3.63) is 28.8 Å². The van der Waals surface area contributed by atoms with Crippen LogP contribution in [0.2, 0.25) is 5.02 Å². The number of anilines is 1. The lowest BCUT2D eigenvalue weighted by Crippen LogP contribution is -2.29. The predicted molar refractivity (Wildman–Crippen MR) is 70.9 cm³/mol. The molecular weight excluding hydrogens is 309 g/mol. The van der Waals surface area contributed by atoms with Crippen LogP contribution in [0.5, 0.6) is 0 Å². The van der Waals surface area contributed by atoms with Crippen molar-refractivity contribution in [3.8, 4) is 0 Å². The Labute approximate surface area is 123 Å². The maximum absolute atomic E-state index is 12.7. The molecule has 8 heteroatoms. The maximum Gasteiger partial charge on any atom is 0.417 e. The zero-order valence-electron chi connectivity index (χ0n) is 10.8. The van der Waals surface area contributed by atoms with Crippen molar-refractivity contribution in [2.24, 2.45) is 0 Å². The van der Waals surface area contributed by atoms with E-state index in [1.807, 2.05) is 0 Å². The highest BCUT2D eigenvalue weighted by atomic mass is 35.5. The largest absolute Gasteiger partial charge is 0.417 e. The molecule has 0 saturated heterocycles. The van der Waals surface area contributed by atoms with Crippen LogP contribution in [0.1, 0.15) is 24.8 Å². The van der Waals surface area contributed by atoms with E-state index in [1.54, 1.807) is 0 Å². The second-order valence-corrected chi connectivity index (χ2v) is 5.17. The minimum atomic E-state index is -4.61. The van der Waals surface area contributed by atoms with Gasteiger partial charge in [-0.25, -0.2) is 0 Å².